The number of halogens is 6. The number of nitrogens with zero attached hydrogens (tertiary/aromatic N) is 4. The number of anilines is 2. The summed E-state index contributed by atoms with van der Waals surface area (Å²) in [5, 5.41) is 14.5. The minimum Gasteiger partial charge on any atom is -0.367 e. The molecule has 0 bridgehead atoms. The fraction of sp³-hybridized carbons (Fsp3) is 0.464. The number of nitrogens with one attached hydrogen (secondary N) is 2. The third-order valence-corrected chi connectivity index (χ3v) is 7.67. The first-order chi connectivity index (χ1) is 19.9. The molecule has 0 atom stereocenters. The standard InChI is InChI=1S/C28H30ClF5N6O2/c29-20-2-4-22(23(15-20)39-13-11-38(12-14-39)10-7-28(32,33)34)37-26(41)21-3-1-19(24(30)25(21)31)17-36-27(42)40-8-5-18(16-35)6-9-40/h1-4,15,18H,5-14,17H2,(H,36,42)(H,37,41). The Kier molecular flexibility index (Phi) is 10.1. The second-order valence-corrected chi connectivity index (χ2v) is 10.7. The number of hydrogen-bond donors (Lipinski definition) is 2. The predicted molar refractivity (Wildman–Crippen MR) is 147 cm³/mol. The van der Waals surface area contributed by atoms with Gasteiger partial charge in [-0.2, -0.15) is 18.4 Å². The molecule has 0 aliphatic carbocycles. The number of carbonyl (C=O) groups excluding carboxylic acids is 2. The molecule has 3 amide bonds. The number of alkyl halides is 3. The topological polar surface area (TPSA) is 91.7 Å². The summed E-state index contributed by atoms with van der Waals surface area (Å²) in [5.41, 5.74) is 0.105. The van der Waals surface area contributed by atoms with Gasteiger partial charge in [-0.15, -0.1) is 0 Å². The lowest BCUT2D eigenvalue weighted by Gasteiger charge is -2.37. The van der Waals surface area contributed by atoms with Crippen molar-refractivity contribution in [2.24, 2.45) is 5.92 Å². The lowest BCUT2D eigenvalue weighted by atomic mass is 9.99. The molecule has 2 aliphatic rings. The minimum absolute atomic E-state index is 0.106. The average Bonchev–Trinajstić information content (AvgIpc) is 2.97. The van der Waals surface area contributed by atoms with Gasteiger partial charge < -0.3 is 20.4 Å². The van der Waals surface area contributed by atoms with E-state index >= 15 is 0 Å². The Bertz CT molecular complexity index is 1340. The van der Waals surface area contributed by atoms with E-state index in [0.717, 1.165) is 6.07 Å². The molecular formula is C28H30ClF5N6O2. The zero-order valence-electron chi connectivity index (χ0n) is 22.6. The fourth-order valence-electron chi connectivity index (χ4n) is 4.95. The van der Waals surface area contributed by atoms with Crippen molar-refractivity contribution >= 4 is 34.9 Å². The van der Waals surface area contributed by atoms with Crippen LogP contribution in [0.4, 0.5) is 38.1 Å². The van der Waals surface area contributed by atoms with Gasteiger partial charge in [-0.3, -0.25) is 9.69 Å². The fourth-order valence-corrected chi connectivity index (χ4v) is 5.12. The van der Waals surface area contributed by atoms with Gasteiger partial charge in [0, 0.05) is 68.9 Å². The van der Waals surface area contributed by atoms with Gasteiger partial charge in [-0.25, -0.2) is 13.6 Å². The van der Waals surface area contributed by atoms with Crippen LogP contribution < -0.4 is 15.5 Å². The molecule has 0 saturated carbocycles. The normalized spacial score (nSPS) is 16.7. The number of benzene rings is 2. The molecular weight excluding hydrogens is 583 g/mol. The van der Waals surface area contributed by atoms with Gasteiger partial charge in [-0.05, 0) is 37.1 Å². The second-order valence-electron chi connectivity index (χ2n) is 10.3. The maximum atomic E-state index is 15.0. The number of nitriles is 1. The van der Waals surface area contributed by atoms with Crippen LogP contribution in [0.25, 0.3) is 0 Å². The molecule has 0 spiro atoms. The lowest BCUT2D eigenvalue weighted by Crippen LogP contribution is -2.47. The molecule has 2 aromatic rings. The molecule has 4 rings (SSSR count). The monoisotopic (exact) mass is 612 g/mol. The van der Waals surface area contributed by atoms with Crippen molar-refractivity contribution in [1.29, 1.82) is 5.26 Å². The van der Waals surface area contributed by atoms with Gasteiger partial charge >= 0.3 is 12.2 Å². The highest BCUT2D eigenvalue weighted by atomic mass is 35.5. The quantitative estimate of drug-likeness (QED) is 0.409. The SMILES string of the molecule is N#CC1CCN(C(=O)NCc2ccc(C(=O)Nc3ccc(Cl)cc3N3CCN(CCC(F)(F)F)CC3)c(F)c2F)CC1. The Morgan fingerprint density at radius 2 is 1.69 bits per heavy atom. The van der Waals surface area contributed by atoms with Crippen LogP contribution in [-0.2, 0) is 6.54 Å². The van der Waals surface area contributed by atoms with Gasteiger partial charge in [0.25, 0.3) is 5.91 Å². The molecule has 2 fully saturated rings. The zero-order valence-corrected chi connectivity index (χ0v) is 23.4. The molecule has 2 heterocycles. The summed E-state index contributed by atoms with van der Waals surface area (Å²) in [6.45, 7) is 1.86. The molecule has 2 aliphatic heterocycles. The van der Waals surface area contributed by atoms with Crippen molar-refractivity contribution in [3.8, 4) is 6.07 Å². The van der Waals surface area contributed by atoms with Crippen LogP contribution in [0.1, 0.15) is 35.2 Å². The predicted octanol–water partition coefficient (Wildman–Crippen LogP) is 5.39. The summed E-state index contributed by atoms with van der Waals surface area (Å²) < 4.78 is 67.6. The molecule has 226 valence electrons. The number of likely N-dealkylation sites (tertiary alicyclic amines) is 1. The third-order valence-electron chi connectivity index (χ3n) is 7.43. The number of piperidine rings is 1. The molecule has 0 unspecified atom stereocenters. The van der Waals surface area contributed by atoms with E-state index in [9.17, 15) is 31.5 Å². The first kappa shape index (κ1) is 31.3. The number of amides is 3. The maximum Gasteiger partial charge on any atom is 0.390 e. The van der Waals surface area contributed by atoms with E-state index in [2.05, 4.69) is 16.7 Å². The van der Waals surface area contributed by atoms with E-state index in [0.29, 0.717) is 62.8 Å². The van der Waals surface area contributed by atoms with Gasteiger partial charge in [0.1, 0.15) is 0 Å². The van der Waals surface area contributed by atoms with Crippen LogP contribution in [0, 0.1) is 28.9 Å². The van der Waals surface area contributed by atoms with Gasteiger partial charge in [0.15, 0.2) is 11.6 Å². The summed E-state index contributed by atoms with van der Waals surface area (Å²) in [5.74, 6) is -3.65. The van der Waals surface area contributed by atoms with E-state index < -0.39 is 41.7 Å². The number of piperazine rings is 1. The number of urea groups is 1. The number of rotatable bonds is 7. The Morgan fingerprint density at radius 3 is 2.33 bits per heavy atom. The molecule has 42 heavy (non-hydrogen) atoms. The molecule has 2 aromatic carbocycles. The van der Waals surface area contributed by atoms with Crippen LogP contribution in [-0.4, -0.2) is 73.7 Å². The Labute approximate surface area is 245 Å². The second kappa shape index (κ2) is 13.6. The smallest absolute Gasteiger partial charge is 0.367 e. The van der Waals surface area contributed by atoms with E-state index in [-0.39, 0.29) is 30.3 Å². The van der Waals surface area contributed by atoms with Crippen LogP contribution in [0.5, 0.6) is 0 Å². The highest BCUT2D eigenvalue weighted by molar-refractivity contribution is 6.31. The summed E-state index contributed by atoms with van der Waals surface area (Å²) in [4.78, 5) is 30.5. The van der Waals surface area contributed by atoms with Gasteiger partial charge in [0.2, 0.25) is 0 Å². The van der Waals surface area contributed by atoms with Crippen molar-refractivity contribution in [1.82, 2.24) is 15.1 Å². The van der Waals surface area contributed by atoms with Crippen LogP contribution >= 0.6 is 11.6 Å². The molecule has 14 heteroatoms. The van der Waals surface area contributed by atoms with Crippen LogP contribution in [0.2, 0.25) is 5.02 Å². The van der Waals surface area contributed by atoms with Crippen molar-refractivity contribution in [2.75, 3.05) is 56.0 Å². The van der Waals surface area contributed by atoms with E-state index in [4.69, 9.17) is 16.9 Å². The summed E-state index contributed by atoms with van der Waals surface area (Å²) in [6, 6.07) is 8.69. The summed E-state index contributed by atoms with van der Waals surface area (Å²) in [7, 11) is 0. The minimum atomic E-state index is -4.24. The molecule has 8 nitrogen and oxygen atoms in total. The van der Waals surface area contributed by atoms with Gasteiger partial charge in [-0.1, -0.05) is 17.7 Å². The van der Waals surface area contributed by atoms with Crippen LogP contribution in [0.15, 0.2) is 30.3 Å². The highest BCUT2D eigenvalue weighted by Gasteiger charge is 2.29. The zero-order chi connectivity index (χ0) is 30.4. The Morgan fingerprint density at radius 1 is 1.00 bits per heavy atom. The average molecular weight is 613 g/mol. The molecule has 0 aromatic heterocycles. The summed E-state index contributed by atoms with van der Waals surface area (Å²) >= 11 is 6.17. The number of carbonyl (C=O) groups is 2. The largest absolute Gasteiger partial charge is 0.390 e. The molecule has 2 N–H and O–H groups in total. The Hall–Kier alpha value is -3.63. The van der Waals surface area contributed by atoms with Crippen molar-refractivity contribution < 1.29 is 31.5 Å². The van der Waals surface area contributed by atoms with Gasteiger partial charge in [0.05, 0.1) is 29.4 Å². The molecule has 0 radical (unpaired) electrons. The van der Waals surface area contributed by atoms with E-state index in [1.54, 1.807) is 11.0 Å². The lowest BCUT2D eigenvalue weighted by molar-refractivity contribution is -0.138. The van der Waals surface area contributed by atoms with Crippen molar-refractivity contribution in [2.45, 2.75) is 32.0 Å². The number of hydrogen-bond acceptors (Lipinski definition) is 5. The molecule has 2 saturated heterocycles. The summed E-state index contributed by atoms with van der Waals surface area (Å²) in [6.07, 6.45) is -4.05. The highest BCUT2D eigenvalue weighted by Crippen LogP contribution is 2.31. The van der Waals surface area contributed by atoms with Crippen molar-refractivity contribution in [3.63, 3.8) is 0 Å². The van der Waals surface area contributed by atoms with Crippen molar-refractivity contribution in [3.05, 3.63) is 58.1 Å². The third kappa shape index (κ3) is 8.01. The van der Waals surface area contributed by atoms with E-state index in [1.807, 2.05) is 4.90 Å². The first-order valence-corrected chi connectivity index (χ1v) is 13.9. The van der Waals surface area contributed by atoms with Crippen LogP contribution in [0.3, 0.4) is 0 Å². The maximum absolute atomic E-state index is 15.0. The Balaban J connectivity index is 1.38. The van der Waals surface area contributed by atoms with E-state index in [1.165, 1.54) is 23.1 Å². The first-order valence-electron chi connectivity index (χ1n) is 13.5.